The van der Waals surface area contributed by atoms with E-state index in [-0.39, 0.29) is 5.78 Å². The zero-order valence-electron chi connectivity index (χ0n) is 12.3. The Bertz CT molecular complexity index is 474. The summed E-state index contributed by atoms with van der Waals surface area (Å²) in [6.07, 6.45) is 4.98. The Hall–Kier alpha value is -1.55. The van der Waals surface area contributed by atoms with E-state index >= 15 is 0 Å². The van der Waals surface area contributed by atoms with Crippen molar-refractivity contribution in [1.29, 1.82) is 0 Å². The molecule has 1 aliphatic rings. The number of ether oxygens (including phenoxy) is 1. The number of Topliss-reactive ketones (excluding diaryl/α,β-unsaturated/α-hetero) is 1. The average Bonchev–Trinajstić information content (AvgIpc) is 2.46. The molecule has 4 nitrogen and oxygen atoms in total. The lowest BCUT2D eigenvalue weighted by atomic mass is 9.86. The van der Waals surface area contributed by atoms with Crippen molar-refractivity contribution in [2.24, 2.45) is 5.92 Å². The van der Waals surface area contributed by atoms with Gasteiger partial charge in [0, 0.05) is 11.6 Å². The maximum Gasteiger partial charge on any atom is 0.176 e. The van der Waals surface area contributed by atoms with Crippen LogP contribution in [-0.4, -0.2) is 25.5 Å². The minimum atomic E-state index is 0.0807. The monoisotopic (exact) mass is 276 g/mol. The minimum absolute atomic E-state index is 0.0807. The molecule has 0 radical (unpaired) electrons. The van der Waals surface area contributed by atoms with Crippen LogP contribution in [0.3, 0.4) is 0 Å². The Labute approximate surface area is 120 Å². The van der Waals surface area contributed by atoms with E-state index in [0.717, 1.165) is 0 Å². The summed E-state index contributed by atoms with van der Waals surface area (Å²) in [7, 11) is 1.57. The van der Waals surface area contributed by atoms with Gasteiger partial charge in [-0.2, -0.15) is 0 Å². The quantitative estimate of drug-likeness (QED) is 0.641. The number of ketones is 1. The van der Waals surface area contributed by atoms with E-state index in [2.05, 4.69) is 12.2 Å². The van der Waals surface area contributed by atoms with Crippen LogP contribution in [0.15, 0.2) is 18.2 Å². The Morgan fingerprint density at radius 1 is 1.40 bits per heavy atom. The highest BCUT2D eigenvalue weighted by Gasteiger charge is 2.21. The summed E-state index contributed by atoms with van der Waals surface area (Å²) in [4.78, 5) is 12.2. The number of anilines is 1. The molecule has 1 saturated carbocycles. The van der Waals surface area contributed by atoms with Crippen LogP contribution in [-0.2, 0) is 0 Å². The molecule has 0 aromatic heterocycles. The third-order valence-electron chi connectivity index (χ3n) is 4.19. The van der Waals surface area contributed by atoms with E-state index in [4.69, 9.17) is 10.5 Å². The molecule has 20 heavy (non-hydrogen) atoms. The highest BCUT2D eigenvalue weighted by atomic mass is 16.5. The molecule has 110 valence electrons. The van der Waals surface area contributed by atoms with Gasteiger partial charge in [0.05, 0.1) is 19.3 Å². The number of rotatable bonds is 5. The summed E-state index contributed by atoms with van der Waals surface area (Å²) < 4.78 is 5.10. The van der Waals surface area contributed by atoms with Crippen molar-refractivity contribution >= 4 is 11.5 Å². The lowest BCUT2D eigenvalue weighted by Gasteiger charge is -2.29. The van der Waals surface area contributed by atoms with Crippen LogP contribution in [0.2, 0.25) is 0 Å². The number of benzene rings is 1. The highest BCUT2D eigenvalue weighted by Crippen LogP contribution is 2.24. The fourth-order valence-corrected chi connectivity index (χ4v) is 2.85. The number of nitrogens with two attached hydrogens (primary N) is 1. The number of hydrogen-bond donors (Lipinski definition) is 2. The molecule has 1 aliphatic carbocycles. The standard InChI is InChI=1S/C16H24N2O2/c1-11-5-3-4-6-14(11)18-10-15(19)12-7-8-16(20-2)13(17)9-12/h7-9,11,14,18H,3-6,10,17H2,1-2H3. The number of nitrogen functional groups attached to an aromatic ring is 1. The number of carbonyl (C=O) groups is 1. The van der Waals surface area contributed by atoms with Gasteiger partial charge in [0.2, 0.25) is 0 Å². The summed E-state index contributed by atoms with van der Waals surface area (Å²) in [6.45, 7) is 2.63. The molecule has 1 aromatic carbocycles. The first-order valence-electron chi connectivity index (χ1n) is 7.32. The van der Waals surface area contributed by atoms with Gasteiger partial charge < -0.3 is 15.8 Å². The van der Waals surface area contributed by atoms with Gasteiger partial charge in [-0.05, 0) is 37.0 Å². The van der Waals surface area contributed by atoms with Crippen molar-refractivity contribution in [2.45, 2.75) is 38.6 Å². The zero-order chi connectivity index (χ0) is 14.5. The first-order valence-corrected chi connectivity index (χ1v) is 7.32. The minimum Gasteiger partial charge on any atom is -0.495 e. The van der Waals surface area contributed by atoms with Crippen molar-refractivity contribution < 1.29 is 9.53 Å². The van der Waals surface area contributed by atoms with Gasteiger partial charge in [-0.25, -0.2) is 0 Å². The van der Waals surface area contributed by atoms with Gasteiger partial charge in [-0.15, -0.1) is 0 Å². The number of nitrogens with one attached hydrogen (secondary N) is 1. The lowest BCUT2D eigenvalue weighted by molar-refractivity contribution is 0.0980. The molecule has 1 fully saturated rings. The van der Waals surface area contributed by atoms with E-state index in [1.807, 2.05) is 0 Å². The van der Waals surface area contributed by atoms with Gasteiger partial charge in [0.1, 0.15) is 5.75 Å². The van der Waals surface area contributed by atoms with E-state index < -0.39 is 0 Å². The largest absolute Gasteiger partial charge is 0.495 e. The van der Waals surface area contributed by atoms with Crippen molar-refractivity contribution in [3.8, 4) is 5.75 Å². The predicted molar refractivity (Wildman–Crippen MR) is 81.2 cm³/mol. The van der Waals surface area contributed by atoms with E-state index in [0.29, 0.717) is 35.5 Å². The molecular formula is C16H24N2O2. The maximum atomic E-state index is 12.2. The molecule has 0 saturated heterocycles. The van der Waals surface area contributed by atoms with Crippen LogP contribution in [0.1, 0.15) is 43.0 Å². The third kappa shape index (κ3) is 3.51. The second kappa shape index (κ2) is 6.75. The fraction of sp³-hybridized carbons (Fsp3) is 0.562. The molecule has 3 N–H and O–H groups in total. The van der Waals surface area contributed by atoms with Crippen LogP contribution in [0, 0.1) is 5.92 Å². The fourth-order valence-electron chi connectivity index (χ4n) is 2.85. The zero-order valence-corrected chi connectivity index (χ0v) is 12.3. The Morgan fingerprint density at radius 3 is 2.80 bits per heavy atom. The topological polar surface area (TPSA) is 64.3 Å². The molecule has 0 heterocycles. The van der Waals surface area contributed by atoms with Gasteiger partial charge >= 0.3 is 0 Å². The first-order chi connectivity index (χ1) is 9.61. The molecule has 4 heteroatoms. The molecule has 1 aromatic rings. The summed E-state index contributed by atoms with van der Waals surface area (Å²) in [5.74, 6) is 1.34. The Balaban J connectivity index is 1.93. The second-order valence-corrected chi connectivity index (χ2v) is 5.63. The van der Waals surface area contributed by atoms with Gasteiger partial charge in [-0.3, -0.25) is 4.79 Å². The first kappa shape index (κ1) is 14.9. The summed E-state index contributed by atoms with van der Waals surface area (Å²) in [5.41, 5.74) is 6.98. The molecule has 2 atom stereocenters. The number of carbonyl (C=O) groups excluding carboxylic acids is 1. The number of methoxy groups -OCH3 is 1. The van der Waals surface area contributed by atoms with Gasteiger partial charge in [0.15, 0.2) is 5.78 Å². The van der Waals surface area contributed by atoms with Crippen LogP contribution in [0.25, 0.3) is 0 Å². The summed E-state index contributed by atoms with van der Waals surface area (Å²) in [6, 6.07) is 5.66. The molecule has 2 unspecified atom stereocenters. The van der Waals surface area contributed by atoms with Gasteiger partial charge in [0.25, 0.3) is 0 Å². The number of hydrogen-bond acceptors (Lipinski definition) is 4. The van der Waals surface area contributed by atoms with Crippen molar-refractivity contribution in [3.05, 3.63) is 23.8 Å². The molecule has 0 spiro atoms. The van der Waals surface area contributed by atoms with Crippen LogP contribution in [0.5, 0.6) is 5.75 Å². The predicted octanol–water partition coefficient (Wildman–Crippen LogP) is 2.63. The maximum absolute atomic E-state index is 12.2. The summed E-state index contributed by atoms with van der Waals surface area (Å²) in [5, 5.41) is 3.40. The van der Waals surface area contributed by atoms with Crippen molar-refractivity contribution in [2.75, 3.05) is 19.4 Å². The van der Waals surface area contributed by atoms with E-state index in [1.54, 1.807) is 25.3 Å². The van der Waals surface area contributed by atoms with Gasteiger partial charge in [-0.1, -0.05) is 19.8 Å². The molecule has 2 rings (SSSR count). The van der Waals surface area contributed by atoms with Crippen molar-refractivity contribution in [3.63, 3.8) is 0 Å². The van der Waals surface area contributed by atoms with E-state index in [1.165, 1.54) is 25.7 Å². The summed E-state index contributed by atoms with van der Waals surface area (Å²) >= 11 is 0. The highest BCUT2D eigenvalue weighted by molar-refractivity contribution is 5.98. The Kier molecular flexibility index (Phi) is 5.01. The molecule has 0 amide bonds. The molecular weight excluding hydrogens is 252 g/mol. The average molecular weight is 276 g/mol. The van der Waals surface area contributed by atoms with Crippen LogP contribution < -0.4 is 15.8 Å². The second-order valence-electron chi connectivity index (χ2n) is 5.63. The SMILES string of the molecule is COc1ccc(C(=O)CNC2CCCCC2C)cc1N. The molecule has 0 aliphatic heterocycles. The third-order valence-corrected chi connectivity index (χ3v) is 4.19. The van der Waals surface area contributed by atoms with Crippen molar-refractivity contribution in [1.82, 2.24) is 5.32 Å². The Morgan fingerprint density at radius 2 is 2.15 bits per heavy atom. The van der Waals surface area contributed by atoms with Crippen LogP contribution >= 0.6 is 0 Å². The van der Waals surface area contributed by atoms with E-state index in [9.17, 15) is 4.79 Å². The van der Waals surface area contributed by atoms with Crippen LogP contribution in [0.4, 0.5) is 5.69 Å². The smallest absolute Gasteiger partial charge is 0.176 e. The lowest BCUT2D eigenvalue weighted by Crippen LogP contribution is -2.40. The normalized spacial score (nSPS) is 22.5. The molecule has 0 bridgehead atoms.